The van der Waals surface area contributed by atoms with Crippen LogP contribution in [0.4, 0.5) is 21.9 Å². The van der Waals surface area contributed by atoms with Crippen molar-refractivity contribution in [3.8, 4) is 0 Å². The van der Waals surface area contributed by atoms with Gasteiger partial charge in [-0.25, -0.2) is 4.79 Å². The fraction of sp³-hybridized carbons (Fsp3) is 0.440. The van der Waals surface area contributed by atoms with Gasteiger partial charge in [0.05, 0.1) is 5.56 Å². The molecular weight excluding hydrogens is 388 g/mol. The van der Waals surface area contributed by atoms with Crippen molar-refractivity contribution in [3.05, 3.63) is 53.6 Å². The summed E-state index contributed by atoms with van der Waals surface area (Å²) in [5, 5.41) is 5.77. The first-order chi connectivity index (χ1) is 15.0. The highest BCUT2D eigenvalue weighted by molar-refractivity contribution is 6.04. The summed E-state index contributed by atoms with van der Waals surface area (Å²) >= 11 is 0. The molecule has 1 saturated heterocycles. The lowest BCUT2D eigenvalue weighted by Gasteiger charge is -2.31. The van der Waals surface area contributed by atoms with E-state index in [1.54, 1.807) is 0 Å². The molecule has 0 aromatic heterocycles. The van der Waals surface area contributed by atoms with E-state index in [0.29, 0.717) is 24.3 Å². The lowest BCUT2D eigenvalue weighted by molar-refractivity contribution is 0.0773. The smallest absolute Gasteiger partial charge is 0.323 e. The lowest BCUT2D eigenvalue weighted by Crippen LogP contribution is -2.35. The van der Waals surface area contributed by atoms with E-state index in [9.17, 15) is 9.59 Å². The molecule has 1 fully saturated rings. The SMILES string of the molecule is CCc1cccc(NC(=O)Nc2ccc(N3CCCCC3)c(C(=O)N(CC)CC)c2)c1. The van der Waals surface area contributed by atoms with Crippen molar-refractivity contribution < 1.29 is 9.59 Å². The van der Waals surface area contributed by atoms with Crippen molar-refractivity contribution >= 4 is 29.0 Å². The van der Waals surface area contributed by atoms with E-state index in [4.69, 9.17) is 0 Å². The number of anilines is 3. The molecule has 31 heavy (non-hydrogen) atoms. The molecule has 0 bridgehead atoms. The molecule has 0 spiro atoms. The highest BCUT2D eigenvalue weighted by Crippen LogP contribution is 2.28. The number of carbonyl (C=O) groups is 2. The van der Waals surface area contributed by atoms with Gasteiger partial charge in [0, 0.05) is 43.2 Å². The van der Waals surface area contributed by atoms with Crippen LogP contribution in [-0.4, -0.2) is 43.0 Å². The standard InChI is InChI=1S/C25H34N4O2/c1-4-19-11-10-12-20(17-19)26-25(31)27-21-13-14-23(29-15-8-7-9-16-29)22(18-21)24(30)28(5-2)6-3/h10-14,17-18H,4-9,15-16H2,1-3H3,(H2,26,27,31). The van der Waals surface area contributed by atoms with Crippen molar-refractivity contribution in [2.75, 3.05) is 41.7 Å². The van der Waals surface area contributed by atoms with Crippen LogP contribution in [0.2, 0.25) is 0 Å². The molecule has 1 heterocycles. The fourth-order valence-electron chi connectivity index (χ4n) is 4.04. The molecule has 2 N–H and O–H groups in total. The number of hydrogen-bond acceptors (Lipinski definition) is 3. The molecule has 166 valence electrons. The molecule has 6 nitrogen and oxygen atoms in total. The Labute approximate surface area is 185 Å². The van der Waals surface area contributed by atoms with Gasteiger partial charge in [-0.05, 0) is 75.4 Å². The summed E-state index contributed by atoms with van der Waals surface area (Å²) < 4.78 is 0. The minimum Gasteiger partial charge on any atom is -0.371 e. The molecule has 2 aromatic carbocycles. The van der Waals surface area contributed by atoms with Crippen LogP contribution in [0.1, 0.15) is 56.0 Å². The topological polar surface area (TPSA) is 64.7 Å². The van der Waals surface area contributed by atoms with E-state index >= 15 is 0 Å². The van der Waals surface area contributed by atoms with Crippen LogP contribution in [-0.2, 0) is 6.42 Å². The Morgan fingerprint density at radius 1 is 0.903 bits per heavy atom. The maximum absolute atomic E-state index is 13.2. The van der Waals surface area contributed by atoms with Crippen molar-refractivity contribution in [1.82, 2.24) is 4.90 Å². The molecule has 1 aliphatic rings. The number of rotatable bonds is 7. The summed E-state index contributed by atoms with van der Waals surface area (Å²) in [5.74, 6) is 0.00489. The Balaban J connectivity index is 1.82. The number of amides is 3. The maximum Gasteiger partial charge on any atom is 0.323 e. The van der Waals surface area contributed by atoms with Crippen molar-refractivity contribution in [2.45, 2.75) is 46.5 Å². The number of benzene rings is 2. The summed E-state index contributed by atoms with van der Waals surface area (Å²) in [7, 11) is 0. The number of nitrogens with one attached hydrogen (secondary N) is 2. The van der Waals surface area contributed by atoms with Crippen molar-refractivity contribution in [2.24, 2.45) is 0 Å². The van der Waals surface area contributed by atoms with E-state index < -0.39 is 0 Å². The van der Waals surface area contributed by atoms with Gasteiger partial charge in [0.2, 0.25) is 0 Å². The van der Waals surface area contributed by atoms with Gasteiger partial charge in [-0.1, -0.05) is 19.1 Å². The first-order valence-corrected chi connectivity index (χ1v) is 11.4. The van der Waals surface area contributed by atoms with Crippen LogP contribution < -0.4 is 15.5 Å². The number of piperidine rings is 1. The zero-order chi connectivity index (χ0) is 22.2. The zero-order valence-electron chi connectivity index (χ0n) is 18.9. The van der Waals surface area contributed by atoms with E-state index in [1.807, 2.05) is 61.2 Å². The zero-order valence-corrected chi connectivity index (χ0v) is 18.9. The number of hydrogen-bond donors (Lipinski definition) is 2. The van der Waals surface area contributed by atoms with Crippen LogP contribution in [0, 0.1) is 0 Å². The Kier molecular flexibility index (Phi) is 7.93. The second-order valence-electron chi connectivity index (χ2n) is 7.89. The minimum absolute atomic E-state index is 0.00489. The molecule has 0 unspecified atom stereocenters. The Morgan fingerprint density at radius 3 is 2.23 bits per heavy atom. The summed E-state index contributed by atoms with van der Waals surface area (Å²) in [6.45, 7) is 9.28. The van der Waals surface area contributed by atoms with Crippen LogP contribution in [0.3, 0.4) is 0 Å². The van der Waals surface area contributed by atoms with E-state index in [-0.39, 0.29) is 11.9 Å². The molecular formula is C25H34N4O2. The predicted molar refractivity (Wildman–Crippen MR) is 128 cm³/mol. The Bertz CT molecular complexity index is 902. The molecule has 1 aliphatic heterocycles. The highest BCUT2D eigenvalue weighted by Gasteiger charge is 2.22. The van der Waals surface area contributed by atoms with Gasteiger partial charge in [0.1, 0.15) is 0 Å². The molecule has 6 heteroatoms. The van der Waals surface area contributed by atoms with Gasteiger partial charge in [-0.3, -0.25) is 4.79 Å². The number of carbonyl (C=O) groups excluding carboxylic acids is 2. The van der Waals surface area contributed by atoms with Crippen LogP contribution >= 0.6 is 0 Å². The number of aryl methyl sites for hydroxylation is 1. The molecule has 3 amide bonds. The largest absolute Gasteiger partial charge is 0.371 e. The van der Waals surface area contributed by atoms with Gasteiger partial charge < -0.3 is 20.4 Å². The fourth-order valence-corrected chi connectivity index (χ4v) is 4.04. The predicted octanol–water partition coefficient (Wildman–Crippen LogP) is 5.37. The van der Waals surface area contributed by atoms with E-state index in [1.165, 1.54) is 6.42 Å². The molecule has 0 radical (unpaired) electrons. The first-order valence-electron chi connectivity index (χ1n) is 11.4. The van der Waals surface area contributed by atoms with Gasteiger partial charge in [-0.15, -0.1) is 0 Å². The summed E-state index contributed by atoms with van der Waals surface area (Å²) in [4.78, 5) is 29.9. The van der Waals surface area contributed by atoms with Gasteiger partial charge in [0.25, 0.3) is 5.91 Å². The Hall–Kier alpha value is -3.02. The third-order valence-electron chi connectivity index (χ3n) is 5.83. The van der Waals surface area contributed by atoms with Crippen LogP contribution in [0.5, 0.6) is 0 Å². The van der Waals surface area contributed by atoms with Crippen molar-refractivity contribution in [3.63, 3.8) is 0 Å². The first kappa shape index (κ1) is 22.7. The maximum atomic E-state index is 13.2. The monoisotopic (exact) mass is 422 g/mol. The highest BCUT2D eigenvalue weighted by atomic mass is 16.2. The number of nitrogens with zero attached hydrogens (tertiary/aromatic N) is 2. The summed E-state index contributed by atoms with van der Waals surface area (Å²) in [5.41, 5.74) is 4.13. The average molecular weight is 423 g/mol. The lowest BCUT2D eigenvalue weighted by atomic mass is 10.1. The summed E-state index contributed by atoms with van der Waals surface area (Å²) in [6.07, 6.45) is 4.41. The quantitative estimate of drug-likeness (QED) is 0.631. The van der Waals surface area contributed by atoms with Crippen LogP contribution in [0.25, 0.3) is 0 Å². The number of urea groups is 1. The normalized spacial score (nSPS) is 13.6. The third kappa shape index (κ3) is 5.78. The third-order valence-corrected chi connectivity index (χ3v) is 5.83. The second kappa shape index (κ2) is 10.8. The molecule has 0 aliphatic carbocycles. The molecule has 3 rings (SSSR count). The Morgan fingerprint density at radius 2 is 1.58 bits per heavy atom. The van der Waals surface area contributed by atoms with Crippen LogP contribution in [0.15, 0.2) is 42.5 Å². The summed E-state index contributed by atoms with van der Waals surface area (Å²) in [6, 6.07) is 13.1. The molecule has 2 aromatic rings. The average Bonchev–Trinajstić information content (AvgIpc) is 2.80. The second-order valence-corrected chi connectivity index (χ2v) is 7.89. The van der Waals surface area contributed by atoms with E-state index in [0.717, 1.165) is 49.3 Å². The molecule has 0 atom stereocenters. The van der Waals surface area contributed by atoms with E-state index in [2.05, 4.69) is 22.5 Å². The molecule has 0 saturated carbocycles. The van der Waals surface area contributed by atoms with Crippen molar-refractivity contribution in [1.29, 1.82) is 0 Å². The van der Waals surface area contributed by atoms with Gasteiger partial charge >= 0.3 is 6.03 Å². The van der Waals surface area contributed by atoms with Gasteiger partial charge in [0.15, 0.2) is 0 Å². The van der Waals surface area contributed by atoms with Gasteiger partial charge in [-0.2, -0.15) is 0 Å². The minimum atomic E-state index is -0.319.